The van der Waals surface area contributed by atoms with Crippen molar-refractivity contribution in [3.05, 3.63) is 112 Å². The summed E-state index contributed by atoms with van der Waals surface area (Å²) in [5.41, 5.74) is 4.71. The summed E-state index contributed by atoms with van der Waals surface area (Å²) < 4.78 is 0. The maximum Gasteiger partial charge on any atom is 0.244 e. The van der Waals surface area contributed by atoms with Gasteiger partial charge in [-0.2, -0.15) is 0 Å². The molecule has 0 bridgehead atoms. The van der Waals surface area contributed by atoms with E-state index in [1.54, 1.807) is 12.2 Å². The van der Waals surface area contributed by atoms with Crippen LogP contribution < -0.4 is 10.6 Å². The Labute approximate surface area is 280 Å². The number of piperidine rings is 1. The van der Waals surface area contributed by atoms with Crippen molar-refractivity contribution in [2.45, 2.75) is 69.9 Å². The van der Waals surface area contributed by atoms with E-state index >= 15 is 0 Å². The molecule has 3 aromatic rings. The summed E-state index contributed by atoms with van der Waals surface area (Å²) in [5.74, 6) is 0.0968. The van der Waals surface area contributed by atoms with Gasteiger partial charge in [-0.25, -0.2) is 0 Å². The van der Waals surface area contributed by atoms with Gasteiger partial charge >= 0.3 is 0 Å². The Kier molecular flexibility index (Phi) is 12.9. The molecule has 5 rings (SSSR count). The molecule has 2 saturated heterocycles. The van der Waals surface area contributed by atoms with Crippen molar-refractivity contribution < 1.29 is 9.59 Å². The zero-order valence-corrected chi connectivity index (χ0v) is 27.9. The second kappa shape index (κ2) is 17.5. The van der Waals surface area contributed by atoms with Crippen LogP contribution in [0.1, 0.15) is 73.6 Å². The summed E-state index contributed by atoms with van der Waals surface area (Å²) >= 11 is 5.99. The Bertz CT molecular complexity index is 1400. The number of carbonyl (C=O) groups excluding carboxylic acids is 2. The topological polar surface area (TPSA) is 64.7 Å². The van der Waals surface area contributed by atoms with E-state index in [1.807, 2.05) is 30.3 Å². The zero-order chi connectivity index (χ0) is 32.1. The van der Waals surface area contributed by atoms with Gasteiger partial charge in [0.15, 0.2) is 0 Å². The highest BCUT2D eigenvalue weighted by Gasteiger charge is 2.33. The summed E-state index contributed by atoms with van der Waals surface area (Å²) in [7, 11) is 0. The fourth-order valence-corrected chi connectivity index (χ4v) is 6.79. The molecule has 2 heterocycles. The summed E-state index contributed by atoms with van der Waals surface area (Å²) in [6, 6.07) is 26.6. The third kappa shape index (κ3) is 10.0. The minimum Gasteiger partial charge on any atom is -0.351 e. The Balaban J connectivity index is 1.30. The molecule has 7 heteroatoms. The minimum absolute atomic E-state index is 0.00306. The average molecular weight is 641 g/mol. The van der Waals surface area contributed by atoms with Crippen LogP contribution in [-0.4, -0.2) is 73.0 Å². The van der Waals surface area contributed by atoms with Gasteiger partial charge in [-0.1, -0.05) is 98.1 Å². The van der Waals surface area contributed by atoms with Crippen LogP contribution in [0.4, 0.5) is 0 Å². The summed E-state index contributed by atoms with van der Waals surface area (Å²) in [5, 5.41) is 7.41. The fraction of sp³-hybridized carbons (Fsp3) is 0.436. The standard InChI is InChI=1S/C39H49ClN4O2/c1-2-9-30-12-17-33(18-13-30)36(32-10-5-3-6-11-32)29-44-27-22-35(28-41-38(45)21-16-31-14-19-34(40)20-15-31)42-37(39(44)46)23-26-43-24-7-4-8-25-43/h3,5-6,10-21,35-37,42H,2,4,7-9,22-29H2,1H3,(H,41,45). The van der Waals surface area contributed by atoms with Crippen LogP contribution in [0.2, 0.25) is 5.02 Å². The molecule has 0 spiro atoms. The van der Waals surface area contributed by atoms with Gasteiger partial charge in [-0.3, -0.25) is 9.59 Å². The highest BCUT2D eigenvalue weighted by Crippen LogP contribution is 2.28. The normalized spacial score (nSPS) is 20.0. The third-order valence-electron chi connectivity index (χ3n) is 9.32. The molecule has 0 aliphatic carbocycles. The molecule has 2 fully saturated rings. The number of aryl methyl sites for hydroxylation is 1. The van der Waals surface area contributed by atoms with Gasteiger partial charge in [-0.05, 0) is 85.7 Å². The van der Waals surface area contributed by atoms with Crippen LogP contribution in [0.5, 0.6) is 0 Å². The van der Waals surface area contributed by atoms with Crippen LogP contribution >= 0.6 is 11.6 Å². The first kappa shape index (κ1) is 33.9. The first-order valence-electron chi connectivity index (χ1n) is 17.1. The smallest absolute Gasteiger partial charge is 0.244 e. The van der Waals surface area contributed by atoms with Gasteiger partial charge in [-0.15, -0.1) is 0 Å². The van der Waals surface area contributed by atoms with Gasteiger partial charge in [0, 0.05) is 49.2 Å². The molecule has 2 amide bonds. The molecule has 3 unspecified atom stereocenters. The Morgan fingerprint density at radius 2 is 1.67 bits per heavy atom. The lowest BCUT2D eigenvalue weighted by Gasteiger charge is -2.31. The molecule has 0 radical (unpaired) electrons. The van der Waals surface area contributed by atoms with Gasteiger partial charge in [0.25, 0.3) is 0 Å². The van der Waals surface area contributed by atoms with Crippen molar-refractivity contribution >= 4 is 29.5 Å². The number of nitrogens with zero attached hydrogens (tertiary/aromatic N) is 2. The molecule has 3 aromatic carbocycles. The predicted octanol–water partition coefficient (Wildman–Crippen LogP) is 6.69. The molecule has 2 aliphatic rings. The van der Waals surface area contributed by atoms with Crippen molar-refractivity contribution in [3.63, 3.8) is 0 Å². The second-order valence-corrected chi connectivity index (χ2v) is 13.2. The molecule has 3 atom stereocenters. The number of hydrogen-bond donors (Lipinski definition) is 2. The number of hydrogen-bond acceptors (Lipinski definition) is 4. The molecule has 0 saturated carbocycles. The molecular weight excluding hydrogens is 592 g/mol. The summed E-state index contributed by atoms with van der Waals surface area (Å²) in [4.78, 5) is 31.6. The zero-order valence-electron chi connectivity index (χ0n) is 27.2. The molecule has 46 heavy (non-hydrogen) atoms. The van der Waals surface area contributed by atoms with Crippen molar-refractivity contribution in [1.82, 2.24) is 20.4 Å². The van der Waals surface area contributed by atoms with Crippen molar-refractivity contribution in [1.29, 1.82) is 0 Å². The quantitative estimate of drug-likeness (QED) is 0.204. The van der Waals surface area contributed by atoms with E-state index in [-0.39, 0.29) is 29.8 Å². The van der Waals surface area contributed by atoms with E-state index in [4.69, 9.17) is 11.6 Å². The lowest BCUT2D eigenvalue weighted by molar-refractivity contribution is -0.133. The summed E-state index contributed by atoms with van der Waals surface area (Å²) in [6.07, 6.45) is 10.8. The van der Waals surface area contributed by atoms with Crippen LogP contribution in [0.25, 0.3) is 6.08 Å². The third-order valence-corrected chi connectivity index (χ3v) is 9.57. The highest BCUT2D eigenvalue weighted by molar-refractivity contribution is 6.30. The van der Waals surface area contributed by atoms with E-state index in [0.717, 1.165) is 50.9 Å². The van der Waals surface area contributed by atoms with Gasteiger partial charge < -0.3 is 20.4 Å². The Morgan fingerprint density at radius 1 is 0.957 bits per heavy atom. The number of carbonyl (C=O) groups is 2. The van der Waals surface area contributed by atoms with E-state index < -0.39 is 0 Å². The van der Waals surface area contributed by atoms with Crippen LogP contribution in [0, 0.1) is 0 Å². The largest absolute Gasteiger partial charge is 0.351 e. The number of halogens is 1. The van der Waals surface area contributed by atoms with Gasteiger partial charge in [0.1, 0.15) is 0 Å². The van der Waals surface area contributed by atoms with Crippen LogP contribution in [0.3, 0.4) is 0 Å². The van der Waals surface area contributed by atoms with E-state index in [2.05, 4.69) is 75.9 Å². The first-order valence-corrected chi connectivity index (χ1v) is 17.5. The van der Waals surface area contributed by atoms with E-state index in [0.29, 0.717) is 24.7 Å². The van der Waals surface area contributed by atoms with Gasteiger partial charge in [0.2, 0.25) is 11.8 Å². The SMILES string of the molecule is CCCc1ccc(C(CN2CCC(CNC(=O)C=Cc3ccc(Cl)cc3)NC(CCN3CCCCC3)C2=O)c2ccccc2)cc1. The number of benzene rings is 3. The maximum absolute atomic E-state index is 14.3. The molecule has 2 N–H and O–H groups in total. The molecule has 0 aromatic heterocycles. The van der Waals surface area contributed by atoms with Crippen molar-refractivity contribution in [3.8, 4) is 0 Å². The van der Waals surface area contributed by atoms with Crippen LogP contribution in [-0.2, 0) is 16.0 Å². The predicted molar refractivity (Wildman–Crippen MR) is 189 cm³/mol. The average Bonchev–Trinajstić information content (AvgIpc) is 3.24. The lowest BCUT2D eigenvalue weighted by Crippen LogP contribution is -2.50. The minimum atomic E-state index is -0.292. The molecule has 6 nitrogen and oxygen atoms in total. The number of nitrogens with one attached hydrogen (secondary N) is 2. The second-order valence-electron chi connectivity index (χ2n) is 12.8. The number of likely N-dealkylation sites (tertiary alicyclic amines) is 1. The Morgan fingerprint density at radius 3 is 2.39 bits per heavy atom. The summed E-state index contributed by atoms with van der Waals surface area (Å²) in [6.45, 7) is 7.05. The van der Waals surface area contributed by atoms with Crippen LogP contribution in [0.15, 0.2) is 84.9 Å². The van der Waals surface area contributed by atoms with Crippen molar-refractivity contribution in [2.24, 2.45) is 0 Å². The number of rotatable bonds is 13. The fourth-order valence-electron chi connectivity index (χ4n) is 6.67. The number of amides is 2. The highest BCUT2D eigenvalue weighted by atomic mass is 35.5. The van der Waals surface area contributed by atoms with E-state index in [9.17, 15) is 9.59 Å². The molecule has 2 aliphatic heterocycles. The van der Waals surface area contributed by atoms with Crippen molar-refractivity contribution in [2.75, 3.05) is 39.3 Å². The van der Waals surface area contributed by atoms with E-state index in [1.165, 1.54) is 36.0 Å². The maximum atomic E-state index is 14.3. The monoisotopic (exact) mass is 640 g/mol. The molecular formula is C39H49ClN4O2. The Hall–Kier alpha value is -3.45. The van der Waals surface area contributed by atoms with Gasteiger partial charge in [0.05, 0.1) is 6.04 Å². The molecule has 244 valence electrons. The first-order chi connectivity index (χ1) is 22.5. The lowest BCUT2D eigenvalue weighted by atomic mass is 9.89.